The molecule has 0 spiro atoms. The summed E-state index contributed by atoms with van der Waals surface area (Å²) < 4.78 is 7.01. The highest BCUT2D eigenvalue weighted by molar-refractivity contribution is 6.00. The molecule has 1 saturated heterocycles. The van der Waals surface area contributed by atoms with Gasteiger partial charge in [-0.2, -0.15) is 5.10 Å². The molecule has 33 heavy (non-hydrogen) atoms. The summed E-state index contributed by atoms with van der Waals surface area (Å²) in [7, 11) is 0. The van der Waals surface area contributed by atoms with Crippen molar-refractivity contribution in [3.05, 3.63) is 60.4 Å². The summed E-state index contributed by atoms with van der Waals surface area (Å²) in [6.45, 7) is 2.28. The van der Waals surface area contributed by atoms with E-state index in [2.05, 4.69) is 15.3 Å². The Hall–Kier alpha value is -4.31. The molecule has 0 atom stereocenters. The van der Waals surface area contributed by atoms with Crippen molar-refractivity contribution >= 4 is 34.9 Å². The van der Waals surface area contributed by atoms with Crippen molar-refractivity contribution in [1.29, 1.82) is 0 Å². The number of rotatable bonds is 5. The molecule has 4 aromatic rings. The van der Waals surface area contributed by atoms with Gasteiger partial charge < -0.3 is 20.7 Å². The van der Waals surface area contributed by atoms with Crippen LogP contribution in [0.15, 0.2) is 54.9 Å². The average Bonchev–Trinajstić information content (AvgIpc) is 3.26. The minimum atomic E-state index is -0.0212. The normalized spacial score (nSPS) is 13.8. The van der Waals surface area contributed by atoms with E-state index in [-0.39, 0.29) is 5.91 Å². The summed E-state index contributed by atoms with van der Waals surface area (Å²) >= 11 is 0. The molecule has 0 radical (unpaired) electrons. The first-order valence-corrected chi connectivity index (χ1v) is 10.4. The Morgan fingerprint density at radius 3 is 2.45 bits per heavy atom. The number of hydrogen-bond acceptors (Lipinski definition) is 7. The summed E-state index contributed by atoms with van der Waals surface area (Å²) in [6, 6.07) is 14.5. The van der Waals surface area contributed by atoms with Crippen molar-refractivity contribution in [2.45, 2.75) is 0 Å². The Bertz CT molecular complexity index is 1310. The molecular weight excluding hydrogens is 422 g/mol. The molecule has 0 bridgehead atoms. The second-order valence-electron chi connectivity index (χ2n) is 7.51. The molecule has 0 saturated carbocycles. The third-order valence-corrected chi connectivity index (χ3v) is 5.54. The quantitative estimate of drug-likeness (QED) is 0.452. The lowest BCUT2D eigenvalue weighted by Gasteiger charge is -2.26. The Kier molecular flexibility index (Phi) is 5.41. The van der Waals surface area contributed by atoms with Crippen LogP contribution in [-0.2, 0) is 9.53 Å². The molecule has 1 aliphatic heterocycles. The van der Waals surface area contributed by atoms with Gasteiger partial charge in [-0.05, 0) is 36.4 Å². The van der Waals surface area contributed by atoms with Gasteiger partial charge in [0.15, 0.2) is 5.65 Å². The van der Waals surface area contributed by atoms with Gasteiger partial charge in [-0.25, -0.2) is 14.6 Å². The number of anilines is 2. The van der Waals surface area contributed by atoms with Crippen LogP contribution >= 0.6 is 0 Å². The molecule has 10 heteroatoms. The van der Waals surface area contributed by atoms with Gasteiger partial charge in [0.25, 0.3) is 5.91 Å². The lowest BCUT2D eigenvalue weighted by atomic mass is 10.1. The topological polar surface area (TPSA) is 128 Å². The first kappa shape index (κ1) is 20.6. The molecule has 2 aromatic heterocycles. The maximum absolute atomic E-state index is 12.8. The monoisotopic (exact) mass is 443 g/mol. The van der Waals surface area contributed by atoms with Gasteiger partial charge in [-0.3, -0.25) is 9.59 Å². The summed E-state index contributed by atoms with van der Waals surface area (Å²) in [6.07, 6.45) is 2.02. The number of morpholine rings is 1. The predicted octanol–water partition coefficient (Wildman–Crippen LogP) is 2.11. The van der Waals surface area contributed by atoms with E-state index in [1.807, 2.05) is 24.3 Å². The fourth-order valence-corrected chi connectivity index (χ4v) is 3.84. The summed E-state index contributed by atoms with van der Waals surface area (Å²) in [4.78, 5) is 33.8. The first-order valence-electron chi connectivity index (χ1n) is 10.4. The number of carbonyl (C=O) groups excluding carboxylic acids is 2. The SMILES string of the molecule is Nc1ncnc2c1c(-c1ccc(C(=O)N3CCOCC3)cc1)nn2-c1ccc(NC=O)cc1. The van der Waals surface area contributed by atoms with Crippen LogP contribution in [0.3, 0.4) is 0 Å². The molecule has 5 rings (SSSR count). The maximum Gasteiger partial charge on any atom is 0.254 e. The standard InChI is InChI=1S/C23H21N7O3/c24-21-19-20(15-1-3-16(4-2-15)23(32)29-9-11-33-12-10-29)28-30(22(19)26-13-25-21)18-7-5-17(6-8-18)27-14-31/h1-8,13-14H,9-12H2,(H,27,31)(H2,24,25,26). The van der Waals surface area contributed by atoms with Crippen molar-refractivity contribution in [2.24, 2.45) is 0 Å². The molecule has 10 nitrogen and oxygen atoms in total. The van der Waals surface area contributed by atoms with E-state index in [9.17, 15) is 9.59 Å². The number of hydrogen-bond donors (Lipinski definition) is 2. The van der Waals surface area contributed by atoms with E-state index < -0.39 is 0 Å². The third kappa shape index (κ3) is 3.87. The first-order chi connectivity index (χ1) is 16.2. The number of ether oxygens (including phenoxy) is 1. The van der Waals surface area contributed by atoms with Crippen LogP contribution in [0.4, 0.5) is 11.5 Å². The van der Waals surface area contributed by atoms with Crippen LogP contribution in [-0.4, -0.2) is 63.3 Å². The Labute approximate surface area is 189 Å². The van der Waals surface area contributed by atoms with Gasteiger partial charge in [0.1, 0.15) is 17.8 Å². The molecule has 2 amide bonds. The van der Waals surface area contributed by atoms with Crippen LogP contribution in [0.5, 0.6) is 0 Å². The summed E-state index contributed by atoms with van der Waals surface area (Å²) in [5.74, 6) is 0.293. The lowest BCUT2D eigenvalue weighted by Crippen LogP contribution is -2.40. The molecule has 0 aliphatic carbocycles. The van der Waals surface area contributed by atoms with Gasteiger partial charge in [0, 0.05) is 29.9 Å². The number of nitrogen functional groups attached to an aromatic ring is 1. The highest BCUT2D eigenvalue weighted by Gasteiger charge is 2.21. The fourth-order valence-electron chi connectivity index (χ4n) is 3.84. The van der Waals surface area contributed by atoms with Gasteiger partial charge in [0.05, 0.1) is 24.3 Å². The smallest absolute Gasteiger partial charge is 0.254 e. The maximum atomic E-state index is 12.8. The summed E-state index contributed by atoms with van der Waals surface area (Å²) in [5, 5.41) is 8.00. The van der Waals surface area contributed by atoms with Gasteiger partial charge >= 0.3 is 0 Å². The minimum Gasteiger partial charge on any atom is -0.383 e. The van der Waals surface area contributed by atoms with Crippen molar-refractivity contribution < 1.29 is 14.3 Å². The number of amides is 2. The molecule has 0 unspecified atom stereocenters. The van der Waals surface area contributed by atoms with Crippen molar-refractivity contribution in [1.82, 2.24) is 24.6 Å². The van der Waals surface area contributed by atoms with Crippen LogP contribution < -0.4 is 11.1 Å². The highest BCUT2D eigenvalue weighted by Crippen LogP contribution is 2.32. The molecule has 2 aromatic carbocycles. The molecule has 3 heterocycles. The van der Waals surface area contributed by atoms with Gasteiger partial charge in [-0.1, -0.05) is 12.1 Å². The van der Waals surface area contributed by atoms with E-state index in [0.29, 0.717) is 66.5 Å². The lowest BCUT2D eigenvalue weighted by molar-refractivity contribution is -0.105. The number of nitrogens with zero attached hydrogens (tertiary/aromatic N) is 5. The number of nitrogens with one attached hydrogen (secondary N) is 1. The van der Waals surface area contributed by atoms with Crippen LogP contribution in [0.25, 0.3) is 28.0 Å². The average molecular weight is 443 g/mol. The Balaban J connectivity index is 1.53. The minimum absolute atomic E-state index is 0.0212. The Morgan fingerprint density at radius 2 is 1.76 bits per heavy atom. The van der Waals surface area contributed by atoms with Gasteiger partial charge in [0.2, 0.25) is 6.41 Å². The predicted molar refractivity (Wildman–Crippen MR) is 123 cm³/mol. The zero-order valence-corrected chi connectivity index (χ0v) is 17.6. The zero-order valence-electron chi connectivity index (χ0n) is 17.6. The highest BCUT2D eigenvalue weighted by atomic mass is 16.5. The number of fused-ring (bicyclic) bond motifs is 1. The van der Waals surface area contributed by atoms with E-state index in [4.69, 9.17) is 15.6 Å². The van der Waals surface area contributed by atoms with Crippen LogP contribution in [0.1, 0.15) is 10.4 Å². The van der Waals surface area contributed by atoms with Crippen molar-refractivity contribution in [2.75, 3.05) is 37.4 Å². The molecule has 1 aliphatic rings. The molecule has 3 N–H and O–H groups in total. The number of carbonyl (C=O) groups is 2. The number of benzene rings is 2. The molecule has 1 fully saturated rings. The van der Waals surface area contributed by atoms with Gasteiger partial charge in [-0.15, -0.1) is 0 Å². The fraction of sp³-hybridized carbons (Fsp3) is 0.174. The van der Waals surface area contributed by atoms with E-state index in [1.54, 1.807) is 33.8 Å². The largest absolute Gasteiger partial charge is 0.383 e. The summed E-state index contributed by atoms with van der Waals surface area (Å²) in [5.41, 5.74) is 10.2. The van der Waals surface area contributed by atoms with E-state index >= 15 is 0 Å². The second kappa shape index (κ2) is 8.67. The van der Waals surface area contributed by atoms with E-state index in [1.165, 1.54) is 6.33 Å². The molecular formula is C23H21N7O3. The van der Waals surface area contributed by atoms with Crippen molar-refractivity contribution in [3.8, 4) is 16.9 Å². The van der Waals surface area contributed by atoms with Crippen LogP contribution in [0, 0.1) is 0 Å². The number of nitrogens with two attached hydrogens (primary N) is 1. The van der Waals surface area contributed by atoms with Crippen LogP contribution in [0.2, 0.25) is 0 Å². The van der Waals surface area contributed by atoms with Crippen molar-refractivity contribution in [3.63, 3.8) is 0 Å². The van der Waals surface area contributed by atoms with E-state index in [0.717, 1.165) is 11.3 Å². The second-order valence-corrected chi connectivity index (χ2v) is 7.51. The molecule has 166 valence electrons. The zero-order chi connectivity index (χ0) is 22.8. The third-order valence-electron chi connectivity index (χ3n) is 5.54. The Morgan fingerprint density at radius 1 is 1.03 bits per heavy atom. The number of aromatic nitrogens is 4.